The molecule has 26 heavy (non-hydrogen) atoms. The molecule has 0 fully saturated rings. The Morgan fingerprint density at radius 1 is 1.35 bits per heavy atom. The van der Waals surface area contributed by atoms with Crippen LogP contribution in [0, 0.1) is 0 Å². The van der Waals surface area contributed by atoms with E-state index in [1.807, 2.05) is 43.3 Å². The second kappa shape index (κ2) is 8.33. The minimum absolute atomic E-state index is 0.0538. The van der Waals surface area contributed by atoms with E-state index in [1.165, 1.54) is 29.4 Å². The highest BCUT2D eigenvalue weighted by Gasteiger charge is 2.13. The molecule has 0 bridgehead atoms. The summed E-state index contributed by atoms with van der Waals surface area (Å²) in [6.07, 6.45) is 1.48. The van der Waals surface area contributed by atoms with E-state index in [9.17, 15) is 4.79 Å². The quantitative estimate of drug-likeness (QED) is 0.491. The molecule has 3 aromatic rings. The van der Waals surface area contributed by atoms with Crippen molar-refractivity contribution in [2.75, 3.05) is 31.9 Å². The third kappa shape index (κ3) is 4.41. The molecule has 136 valence electrons. The molecule has 0 atom stereocenters. The van der Waals surface area contributed by atoms with Gasteiger partial charge >= 0.3 is 0 Å². The van der Waals surface area contributed by atoms with Gasteiger partial charge < -0.3 is 15.0 Å². The van der Waals surface area contributed by atoms with Crippen molar-refractivity contribution in [1.29, 1.82) is 0 Å². The van der Waals surface area contributed by atoms with E-state index < -0.39 is 0 Å². The number of carbonyl (C=O) groups excluding carboxylic acids is 1. The number of nitrogens with one attached hydrogen (secondary N) is 1. The number of aromatic nitrogens is 3. The molecule has 0 aliphatic carbocycles. The van der Waals surface area contributed by atoms with Crippen LogP contribution >= 0.6 is 23.1 Å². The maximum atomic E-state index is 12.2. The first kappa shape index (κ1) is 18.4. The summed E-state index contributed by atoms with van der Waals surface area (Å²) in [6, 6.07) is 7.63. The monoisotopic (exact) mass is 389 g/mol. The van der Waals surface area contributed by atoms with Crippen LogP contribution < -0.4 is 15.0 Å². The molecule has 0 aliphatic heterocycles. The number of thioether (sulfide) groups is 1. The van der Waals surface area contributed by atoms with E-state index in [1.54, 1.807) is 7.11 Å². The van der Waals surface area contributed by atoms with E-state index in [2.05, 4.69) is 20.3 Å². The molecule has 9 heteroatoms. The van der Waals surface area contributed by atoms with E-state index in [4.69, 9.17) is 4.74 Å². The lowest BCUT2D eigenvalue weighted by Crippen LogP contribution is -2.24. The molecule has 0 saturated heterocycles. The highest BCUT2D eigenvalue weighted by Crippen LogP contribution is 2.32. The number of amides is 1. The van der Waals surface area contributed by atoms with Gasteiger partial charge in [0.15, 0.2) is 10.8 Å². The van der Waals surface area contributed by atoms with Crippen LogP contribution in [0.5, 0.6) is 5.75 Å². The van der Waals surface area contributed by atoms with Gasteiger partial charge in [-0.3, -0.25) is 4.79 Å². The smallest absolute Gasteiger partial charge is 0.230 e. The minimum Gasteiger partial charge on any atom is -0.497 e. The standard InChI is InChI=1S/C17H19N5O2S2/c1-22(2)17-21-15-14(26-17)16(20-10-19-15)25-9-13(23)18-8-11-5-4-6-12(7-11)24-3/h4-7,10H,8-9H2,1-3H3,(H,18,23). The third-order valence-electron chi connectivity index (χ3n) is 3.49. The molecule has 1 amide bonds. The number of fused-ring (bicyclic) bond motifs is 1. The van der Waals surface area contributed by atoms with Crippen LogP contribution in [-0.4, -0.2) is 47.8 Å². The van der Waals surface area contributed by atoms with Crippen LogP contribution in [0.25, 0.3) is 10.3 Å². The molecule has 3 rings (SSSR count). The normalized spacial score (nSPS) is 10.7. The summed E-state index contributed by atoms with van der Waals surface area (Å²) >= 11 is 2.91. The van der Waals surface area contributed by atoms with Crippen LogP contribution in [0.15, 0.2) is 35.6 Å². The molecule has 1 aromatic carbocycles. The van der Waals surface area contributed by atoms with Crippen molar-refractivity contribution in [1.82, 2.24) is 20.3 Å². The molecule has 2 heterocycles. The lowest BCUT2D eigenvalue weighted by atomic mass is 10.2. The third-order valence-corrected chi connectivity index (χ3v) is 5.83. The maximum absolute atomic E-state index is 12.2. The van der Waals surface area contributed by atoms with Gasteiger partial charge in [0, 0.05) is 20.6 Å². The average Bonchev–Trinajstić information content (AvgIpc) is 3.10. The number of methoxy groups -OCH3 is 1. The Morgan fingerprint density at radius 3 is 2.96 bits per heavy atom. The highest BCUT2D eigenvalue weighted by atomic mass is 32.2. The zero-order valence-electron chi connectivity index (χ0n) is 14.7. The fourth-order valence-electron chi connectivity index (χ4n) is 2.18. The van der Waals surface area contributed by atoms with Crippen molar-refractivity contribution < 1.29 is 9.53 Å². The Labute approximate surface area is 159 Å². The van der Waals surface area contributed by atoms with Crippen molar-refractivity contribution in [2.24, 2.45) is 0 Å². The maximum Gasteiger partial charge on any atom is 0.230 e. The zero-order chi connectivity index (χ0) is 18.5. The number of carbonyl (C=O) groups is 1. The van der Waals surface area contributed by atoms with Gasteiger partial charge in [0.25, 0.3) is 0 Å². The number of nitrogens with zero attached hydrogens (tertiary/aromatic N) is 4. The summed E-state index contributed by atoms with van der Waals surface area (Å²) in [5.74, 6) is 1.00. The predicted molar refractivity (Wildman–Crippen MR) is 105 cm³/mol. The summed E-state index contributed by atoms with van der Waals surface area (Å²) in [4.78, 5) is 27.1. The molecule has 2 aromatic heterocycles. The number of rotatable bonds is 7. The molecule has 0 aliphatic rings. The van der Waals surface area contributed by atoms with Crippen molar-refractivity contribution in [3.63, 3.8) is 0 Å². The highest BCUT2D eigenvalue weighted by molar-refractivity contribution is 8.00. The van der Waals surface area contributed by atoms with Gasteiger partial charge in [0.05, 0.1) is 12.9 Å². The Bertz CT molecular complexity index is 913. The summed E-state index contributed by atoms with van der Waals surface area (Å²) < 4.78 is 6.09. The number of thiazole rings is 1. The van der Waals surface area contributed by atoms with Gasteiger partial charge in [-0.2, -0.15) is 4.98 Å². The summed E-state index contributed by atoms with van der Waals surface area (Å²) in [5, 5.41) is 4.55. The fraction of sp³-hybridized carbons (Fsp3) is 0.294. The number of hydrogen-bond acceptors (Lipinski definition) is 8. The van der Waals surface area contributed by atoms with Crippen molar-refractivity contribution in [3.8, 4) is 5.75 Å². The molecule has 0 saturated carbocycles. The summed E-state index contributed by atoms with van der Waals surface area (Å²) in [5.41, 5.74) is 1.65. The van der Waals surface area contributed by atoms with Gasteiger partial charge in [0.1, 0.15) is 21.8 Å². The van der Waals surface area contributed by atoms with E-state index in [0.717, 1.165) is 26.2 Å². The van der Waals surface area contributed by atoms with Gasteiger partial charge in [-0.15, -0.1) is 0 Å². The van der Waals surface area contributed by atoms with Crippen molar-refractivity contribution in [3.05, 3.63) is 36.2 Å². The molecular weight excluding hydrogens is 370 g/mol. The molecule has 7 nitrogen and oxygen atoms in total. The summed E-state index contributed by atoms with van der Waals surface area (Å²) in [7, 11) is 5.49. The first-order chi connectivity index (χ1) is 12.6. The zero-order valence-corrected chi connectivity index (χ0v) is 16.4. The van der Waals surface area contributed by atoms with Crippen LogP contribution in [0.1, 0.15) is 5.56 Å². The minimum atomic E-state index is -0.0538. The van der Waals surface area contributed by atoms with Gasteiger partial charge in [-0.05, 0) is 17.7 Å². The number of hydrogen-bond donors (Lipinski definition) is 1. The molecular formula is C17H19N5O2S2. The molecule has 1 N–H and O–H groups in total. The van der Waals surface area contributed by atoms with Crippen LogP contribution in [0.4, 0.5) is 5.13 Å². The lowest BCUT2D eigenvalue weighted by Gasteiger charge is -2.07. The molecule has 0 unspecified atom stereocenters. The Balaban J connectivity index is 1.60. The van der Waals surface area contributed by atoms with Gasteiger partial charge in [0.2, 0.25) is 5.91 Å². The number of benzene rings is 1. The Kier molecular flexibility index (Phi) is 5.89. The first-order valence-corrected chi connectivity index (χ1v) is 9.68. The van der Waals surface area contributed by atoms with Gasteiger partial charge in [-0.25, -0.2) is 9.97 Å². The van der Waals surface area contributed by atoms with Crippen LogP contribution in [-0.2, 0) is 11.3 Å². The lowest BCUT2D eigenvalue weighted by molar-refractivity contribution is -0.118. The summed E-state index contributed by atoms with van der Waals surface area (Å²) in [6.45, 7) is 0.459. The second-order valence-electron chi connectivity index (χ2n) is 5.64. The predicted octanol–water partition coefficient (Wildman–Crippen LogP) is 2.57. The van der Waals surface area contributed by atoms with Crippen molar-refractivity contribution in [2.45, 2.75) is 11.6 Å². The molecule has 0 spiro atoms. The van der Waals surface area contributed by atoms with E-state index in [-0.39, 0.29) is 11.7 Å². The van der Waals surface area contributed by atoms with E-state index >= 15 is 0 Å². The van der Waals surface area contributed by atoms with Crippen LogP contribution in [0.2, 0.25) is 0 Å². The Morgan fingerprint density at radius 2 is 2.19 bits per heavy atom. The fourth-order valence-corrected chi connectivity index (χ4v) is 4.03. The Hall–Kier alpha value is -2.39. The SMILES string of the molecule is COc1cccc(CNC(=O)CSc2ncnc3nc(N(C)C)sc23)c1. The first-order valence-electron chi connectivity index (χ1n) is 7.88. The van der Waals surface area contributed by atoms with Crippen LogP contribution in [0.3, 0.4) is 0 Å². The number of ether oxygens (including phenoxy) is 1. The topological polar surface area (TPSA) is 80.2 Å². The molecule has 0 radical (unpaired) electrons. The second-order valence-corrected chi connectivity index (χ2v) is 7.58. The average molecular weight is 390 g/mol. The van der Waals surface area contributed by atoms with Crippen molar-refractivity contribution >= 4 is 44.5 Å². The van der Waals surface area contributed by atoms with Gasteiger partial charge in [-0.1, -0.05) is 35.2 Å². The largest absolute Gasteiger partial charge is 0.497 e. The number of anilines is 1. The van der Waals surface area contributed by atoms with E-state index in [0.29, 0.717) is 12.2 Å².